The number of thiophene rings is 1. The van der Waals surface area contributed by atoms with E-state index in [0.717, 1.165) is 24.4 Å². The fourth-order valence-corrected chi connectivity index (χ4v) is 4.05. The molecule has 2 heterocycles. The van der Waals surface area contributed by atoms with Gasteiger partial charge >= 0.3 is 5.69 Å². The summed E-state index contributed by atoms with van der Waals surface area (Å²) in [5.41, 5.74) is 1.01. The van der Waals surface area contributed by atoms with Crippen LogP contribution in [0.2, 0.25) is 0 Å². The van der Waals surface area contributed by atoms with Crippen LogP contribution < -0.4 is 16.0 Å². The SMILES string of the molecule is CCN(CC)[C@@H](Cn1c(=O)[nH]c2ccsc2c1=O)c1cccc(OC)c1. The molecule has 0 aliphatic heterocycles. The Morgan fingerprint density at radius 3 is 2.69 bits per heavy atom. The van der Waals surface area contributed by atoms with Crippen LogP contribution in [0.25, 0.3) is 10.2 Å². The Labute approximate surface area is 155 Å². The number of nitrogens with zero attached hydrogens (tertiary/aromatic N) is 2. The monoisotopic (exact) mass is 373 g/mol. The van der Waals surface area contributed by atoms with E-state index >= 15 is 0 Å². The molecule has 1 aromatic carbocycles. The van der Waals surface area contributed by atoms with Crippen LogP contribution in [0.5, 0.6) is 5.75 Å². The largest absolute Gasteiger partial charge is 0.497 e. The van der Waals surface area contributed by atoms with Gasteiger partial charge in [0, 0.05) is 0 Å². The number of likely N-dealkylation sites (N-methyl/N-ethyl adjacent to an activating group) is 1. The van der Waals surface area contributed by atoms with Gasteiger partial charge < -0.3 is 9.72 Å². The van der Waals surface area contributed by atoms with Crippen LogP contribution in [-0.2, 0) is 6.54 Å². The van der Waals surface area contributed by atoms with E-state index in [1.165, 1.54) is 15.9 Å². The predicted molar refractivity (Wildman–Crippen MR) is 105 cm³/mol. The van der Waals surface area contributed by atoms with E-state index in [1.807, 2.05) is 29.6 Å². The molecular weight excluding hydrogens is 350 g/mol. The molecule has 1 N–H and O–H groups in total. The minimum Gasteiger partial charge on any atom is -0.497 e. The van der Waals surface area contributed by atoms with Gasteiger partial charge in [-0.15, -0.1) is 11.3 Å². The lowest BCUT2D eigenvalue weighted by Gasteiger charge is -2.30. The van der Waals surface area contributed by atoms with Gasteiger partial charge in [0.25, 0.3) is 5.56 Å². The van der Waals surface area contributed by atoms with Crippen LogP contribution in [0.15, 0.2) is 45.3 Å². The molecule has 0 saturated heterocycles. The molecule has 0 spiro atoms. The van der Waals surface area contributed by atoms with E-state index in [4.69, 9.17) is 4.74 Å². The summed E-state index contributed by atoms with van der Waals surface area (Å²) in [7, 11) is 1.63. The van der Waals surface area contributed by atoms with E-state index in [1.54, 1.807) is 13.2 Å². The fourth-order valence-electron chi connectivity index (χ4n) is 3.25. The van der Waals surface area contributed by atoms with Crippen LogP contribution >= 0.6 is 11.3 Å². The van der Waals surface area contributed by atoms with Crippen LogP contribution in [-0.4, -0.2) is 34.7 Å². The molecule has 0 amide bonds. The number of hydrogen-bond acceptors (Lipinski definition) is 5. The molecular formula is C19H23N3O3S. The Kier molecular flexibility index (Phi) is 5.58. The molecule has 6 nitrogen and oxygen atoms in total. The Hall–Kier alpha value is -2.38. The summed E-state index contributed by atoms with van der Waals surface area (Å²) < 4.78 is 7.23. The highest BCUT2D eigenvalue weighted by molar-refractivity contribution is 7.17. The van der Waals surface area contributed by atoms with Gasteiger partial charge in [0.1, 0.15) is 10.4 Å². The average Bonchev–Trinajstić information content (AvgIpc) is 3.13. The van der Waals surface area contributed by atoms with Crippen LogP contribution in [0.4, 0.5) is 0 Å². The maximum absolute atomic E-state index is 12.8. The number of aromatic nitrogens is 2. The lowest BCUT2D eigenvalue weighted by Crippen LogP contribution is -2.40. The molecule has 3 aromatic rings. The van der Waals surface area contributed by atoms with Gasteiger partial charge in [0.05, 0.1) is 25.2 Å². The standard InChI is InChI=1S/C19H23N3O3S/c1-4-21(5-2)16(13-7-6-8-14(11-13)25-3)12-22-18(23)17-15(9-10-26-17)20-19(22)24/h6-11,16H,4-5,12H2,1-3H3,(H,20,24)/t16-/m0/s1. The van der Waals surface area contributed by atoms with Crippen molar-refractivity contribution in [1.29, 1.82) is 0 Å². The quantitative estimate of drug-likeness (QED) is 0.692. The minimum atomic E-state index is -0.374. The van der Waals surface area contributed by atoms with Crippen molar-refractivity contribution in [2.75, 3.05) is 20.2 Å². The van der Waals surface area contributed by atoms with Crippen molar-refractivity contribution in [3.8, 4) is 5.75 Å². The van der Waals surface area contributed by atoms with Crippen molar-refractivity contribution in [2.24, 2.45) is 0 Å². The number of fused-ring (bicyclic) bond motifs is 1. The third-order valence-corrected chi connectivity index (χ3v) is 5.58. The predicted octanol–water partition coefficient (Wildman–Crippen LogP) is 2.84. The van der Waals surface area contributed by atoms with Crippen LogP contribution in [0.3, 0.4) is 0 Å². The number of H-pyrrole nitrogens is 1. The van der Waals surface area contributed by atoms with Crippen molar-refractivity contribution in [3.05, 3.63) is 62.1 Å². The summed E-state index contributed by atoms with van der Waals surface area (Å²) in [4.78, 5) is 30.4. The molecule has 138 valence electrons. The third-order valence-electron chi connectivity index (χ3n) is 4.68. The lowest BCUT2D eigenvalue weighted by atomic mass is 10.0. The Morgan fingerprint density at radius 2 is 2.00 bits per heavy atom. The van der Waals surface area contributed by atoms with Crippen LogP contribution in [0, 0.1) is 0 Å². The van der Waals surface area contributed by atoms with Gasteiger partial charge in [-0.3, -0.25) is 14.3 Å². The van der Waals surface area contributed by atoms with E-state index in [0.29, 0.717) is 10.2 Å². The fraction of sp³-hybridized carbons (Fsp3) is 0.368. The Balaban J connectivity index is 2.09. The number of ether oxygens (including phenoxy) is 1. The van der Waals surface area contributed by atoms with E-state index < -0.39 is 0 Å². The van der Waals surface area contributed by atoms with Crippen molar-refractivity contribution < 1.29 is 4.74 Å². The molecule has 0 fully saturated rings. The topological polar surface area (TPSA) is 67.3 Å². The number of hydrogen-bond donors (Lipinski definition) is 1. The first-order valence-electron chi connectivity index (χ1n) is 8.67. The van der Waals surface area contributed by atoms with Crippen LogP contribution in [0.1, 0.15) is 25.5 Å². The summed E-state index contributed by atoms with van der Waals surface area (Å²) in [6, 6.07) is 9.45. The first kappa shape index (κ1) is 18.4. The Bertz CT molecular complexity index is 1000. The molecule has 7 heteroatoms. The van der Waals surface area contributed by atoms with Gasteiger partial charge in [-0.25, -0.2) is 4.79 Å². The normalized spacial score (nSPS) is 12.6. The van der Waals surface area contributed by atoms with Gasteiger partial charge in [-0.2, -0.15) is 0 Å². The van der Waals surface area contributed by atoms with Crippen molar-refractivity contribution in [1.82, 2.24) is 14.5 Å². The number of nitrogens with one attached hydrogen (secondary N) is 1. The first-order valence-corrected chi connectivity index (χ1v) is 9.55. The van der Waals surface area contributed by atoms with Gasteiger partial charge in [-0.1, -0.05) is 26.0 Å². The summed E-state index contributed by atoms with van der Waals surface area (Å²) in [6.07, 6.45) is 0. The van der Waals surface area contributed by atoms with Gasteiger partial charge in [0.15, 0.2) is 0 Å². The molecule has 1 atom stereocenters. The van der Waals surface area contributed by atoms with Gasteiger partial charge in [0.2, 0.25) is 0 Å². The molecule has 0 aliphatic carbocycles. The zero-order valence-electron chi connectivity index (χ0n) is 15.2. The number of aromatic amines is 1. The second-order valence-electron chi connectivity index (χ2n) is 6.02. The number of methoxy groups -OCH3 is 1. The second-order valence-corrected chi connectivity index (χ2v) is 6.94. The molecule has 26 heavy (non-hydrogen) atoms. The lowest BCUT2D eigenvalue weighted by molar-refractivity contribution is 0.194. The van der Waals surface area contributed by atoms with Crippen molar-refractivity contribution in [2.45, 2.75) is 26.4 Å². The second kappa shape index (κ2) is 7.88. The summed E-state index contributed by atoms with van der Waals surface area (Å²) in [5, 5.41) is 1.82. The van der Waals surface area contributed by atoms with Crippen molar-refractivity contribution in [3.63, 3.8) is 0 Å². The van der Waals surface area contributed by atoms with Crippen molar-refractivity contribution >= 4 is 21.6 Å². The highest BCUT2D eigenvalue weighted by Crippen LogP contribution is 2.25. The van der Waals surface area contributed by atoms with Gasteiger partial charge in [-0.05, 0) is 42.2 Å². The summed E-state index contributed by atoms with van der Waals surface area (Å²) >= 11 is 1.35. The zero-order chi connectivity index (χ0) is 18.7. The molecule has 0 bridgehead atoms. The molecule has 0 unspecified atom stereocenters. The molecule has 0 saturated carbocycles. The highest BCUT2D eigenvalue weighted by atomic mass is 32.1. The average molecular weight is 373 g/mol. The minimum absolute atomic E-state index is 0.101. The third kappa shape index (κ3) is 3.45. The maximum atomic E-state index is 12.8. The van der Waals surface area contributed by atoms with E-state index in [-0.39, 0.29) is 23.8 Å². The first-order chi connectivity index (χ1) is 12.6. The highest BCUT2D eigenvalue weighted by Gasteiger charge is 2.21. The number of rotatable bonds is 7. The molecule has 0 radical (unpaired) electrons. The molecule has 2 aromatic heterocycles. The Morgan fingerprint density at radius 1 is 1.23 bits per heavy atom. The van der Waals surface area contributed by atoms with E-state index in [2.05, 4.69) is 23.7 Å². The van der Waals surface area contributed by atoms with E-state index in [9.17, 15) is 9.59 Å². The number of benzene rings is 1. The maximum Gasteiger partial charge on any atom is 0.328 e. The zero-order valence-corrected chi connectivity index (χ0v) is 16.0. The smallest absolute Gasteiger partial charge is 0.328 e. The molecule has 3 rings (SSSR count). The summed E-state index contributed by atoms with van der Waals surface area (Å²) in [6.45, 7) is 6.06. The molecule has 0 aliphatic rings. The summed E-state index contributed by atoms with van der Waals surface area (Å²) in [5.74, 6) is 0.759.